The molecule has 2 aromatic rings. The summed E-state index contributed by atoms with van der Waals surface area (Å²) in [4.78, 5) is 4.52. The highest BCUT2D eigenvalue weighted by atomic mass is 35.5. The molecule has 1 aliphatic rings. The Balaban J connectivity index is 0.00000161. The molecule has 0 aliphatic carbocycles. The zero-order chi connectivity index (χ0) is 14.7. The molecule has 0 atom stereocenters. The van der Waals surface area contributed by atoms with Crippen molar-refractivity contribution in [3.05, 3.63) is 29.7 Å². The zero-order valence-corrected chi connectivity index (χ0v) is 14.2. The number of aryl methyl sites for hydroxylation is 2. The van der Waals surface area contributed by atoms with Crippen molar-refractivity contribution in [3.8, 4) is 0 Å². The van der Waals surface area contributed by atoms with Gasteiger partial charge in [0.25, 0.3) is 0 Å². The van der Waals surface area contributed by atoms with Crippen LogP contribution < -0.4 is 5.46 Å². The van der Waals surface area contributed by atoms with Gasteiger partial charge in [-0.15, -0.1) is 12.4 Å². The van der Waals surface area contributed by atoms with Gasteiger partial charge in [0.2, 0.25) is 0 Å². The summed E-state index contributed by atoms with van der Waals surface area (Å²) < 4.78 is 14.3. The Morgan fingerprint density at radius 3 is 2.19 bits per heavy atom. The average Bonchev–Trinajstić information content (AvgIpc) is 2.77. The summed E-state index contributed by atoms with van der Waals surface area (Å²) in [5.74, 6) is 0. The molecule has 0 spiro atoms. The number of halogens is 1. The van der Waals surface area contributed by atoms with Crippen molar-refractivity contribution >= 4 is 30.6 Å². The highest BCUT2D eigenvalue weighted by Gasteiger charge is 2.51. The van der Waals surface area contributed by atoms with E-state index >= 15 is 0 Å². The van der Waals surface area contributed by atoms with Crippen LogP contribution >= 0.6 is 12.4 Å². The van der Waals surface area contributed by atoms with Crippen LogP contribution in [0.5, 0.6) is 0 Å². The molecule has 3 heterocycles. The van der Waals surface area contributed by atoms with E-state index in [0.717, 1.165) is 22.4 Å². The van der Waals surface area contributed by atoms with Crippen molar-refractivity contribution in [2.75, 3.05) is 0 Å². The van der Waals surface area contributed by atoms with E-state index in [2.05, 4.69) is 45.7 Å². The molecule has 0 radical (unpaired) electrons. The number of pyridine rings is 1. The van der Waals surface area contributed by atoms with E-state index < -0.39 is 0 Å². The molecule has 114 valence electrons. The fourth-order valence-electron chi connectivity index (χ4n) is 2.53. The quantitative estimate of drug-likeness (QED) is 0.760. The van der Waals surface area contributed by atoms with E-state index in [1.54, 1.807) is 0 Å². The summed E-state index contributed by atoms with van der Waals surface area (Å²) in [7, 11) is -0.328. The maximum Gasteiger partial charge on any atom is 0.496 e. The molecule has 0 bridgehead atoms. The standard InChI is InChI=1S/C15H21BN2O2.ClH/c1-10-7-12(9-18-8-11(2)17-13(10)18)16-19-14(3,4)15(5,6)20-16;/h7-9H,1-6H3;1H. The van der Waals surface area contributed by atoms with Crippen LogP contribution in [0.4, 0.5) is 0 Å². The van der Waals surface area contributed by atoms with Crippen LogP contribution in [0.15, 0.2) is 18.5 Å². The van der Waals surface area contributed by atoms with Crippen LogP contribution in [0.2, 0.25) is 0 Å². The number of rotatable bonds is 1. The lowest BCUT2D eigenvalue weighted by Crippen LogP contribution is -2.41. The van der Waals surface area contributed by atoms with Crippen LogP contribution in [0.25, 0.3) is 5.65 Å². The first-order chi connectivity index (χ1) is 9.19. The highest BCUT2D eigenvalue weighted by molar-refractivity contribution is 6.62. The Kier molecular flexibility index (Phi) is 3.89. The Hall–Kier alpha value is -1.04. The smallest absolute Gasteiger partial charge is 0.399 e. The molecule has 1 aliphatic heterocycles. The molecular formula is C15H22BClN2O2. The highest BCUT2D eigenvalue weighted by Crippen LogP contribution is 2.36. The number of nitrogens with zero attached hydrogens (tertiary/aromatic N) is 2. The Morgan fingerprint density at radius 2 is 1.62 bits per heavy atom. The predicted octanol–water partition coefficient (Wildman–Crippen LogP) is 2.67. The molecule has 0 amide bonds. The molecule has 21 heavy (non-hydrogen) atoms. The minimum Gasteiger partial charge on any atom is -0.399 e. The van der Waals surface area contributed by atoms with Crippen LogP contribution in [-0.4, -0.2) is 27.7 Å². The SMILES string of the molecule is Cc1cn2cc(B3OC(C)(C)C(C)(C)O3)cc(C)c2n1.Cl. The Bertz CT molecular complexity index is 666. The van der Waals surface area contributed by atoms with E-state index in [0.29, 0.717) is 0 Å². The van der Waals surface area contributed by atoms with Crippen molar-refractivity contribution in [1.29, 1.82) is 0 Å². The summed E-state index contributed by atoms with van der Waals surface area (Å²) in [6.07, 6.45) is 4.07. The number of imidazole rings is 1. The zero-order valence-electron chi connectivity index (χ0n) is 13.4. The molecule has 2 aromatic heterocycles. The first-order valence-electron chi connectivity index (χ1n) is 7.01. The van der Waals surface area contributed by atoms with Crippen LogP contribution in [0.1, 0.15) is 39.0 Å². The summed E-state index contributed by atoms with van der Waals surface area (Å²) in [6, 6.07) is 2.10. The van der Waals surface area contributed by atoms with Gasteiger partial charge in [-0.2, -0.15) is 0 Å². The normalized spacial score (nSPS) is 19.8. The van der Waals surface area contributed by atoms with Crippen molar-refractivity contribution in [2.24, 2.45) is 0 Å². The second-order valence-electron chi connectivity index (χ2n) is 6.66. The molecule has 0 aromatic carbocycles. The largest absolute Gasteiger partial charge is 0.496 e. The van der Waals surface area contributed by atoms with Gasteiger partial charge >= 0.3 is 7.12 Å². The average molecular weight is 309 g/mol. The van der Waals surface area contributed by atoms with Gasteiger partial charge in [0.15, 0.2) is 0 Å². The molecule has 1 saturated heterocycles. The van der Waals surface area contributed by atoms with Crippen molar-refractivity contribution < 1.29 is 9.31 Å². The van der Waals surface area contributed by atoms with Gasteiger partial charge in [0.1, 0.15) is 5.65 Å². The molecule has 0 saturated carbocycles. The van der Waals surface area contributed by atoms with Gasteiger partial charge in [-0.05, 0) is 52.6 Å². The minimum absolute atomic E-state index is 0. The third kappa shape index (κ3) is 2.58. The van der Waals surface area contributed by atoms with Crippen molar-refractivity contribution in [2.45, 2.75) is 52.7 Å². The van der Waals surface area contributed by atoms with Gasteiger partial charge in [0.05, 0.1) is 16.9 Å². The van der Waals surface area contributed by atoms with Gasteiger partial charge in [-0.25, -0.2) is 4.98 Å². The number of hydrogen-bond donors (Lipinski definition) is 0. The van der Waals surface area contributed by atoms with E-state index in [-0.39, 0.29) is 30.7 Å². The molecule has 6 heteroatoms. The van der Waals surface area contributed by atoms with Crippen LogP contribution in [0.3, 0.4) is 0 Å². The van der Waals surface area contributed by atoms with E-state index in [4.69, 9.17) is 9.31 Å². The van der Waals surface area contributed by atoms with Gasteiger partial charge < -0.3 is 13.7 Å². The monoisotopic (exact) mass is 308 g/mol. The maximum absolute atomic E-state index is 6.10. The first-order valence-corrected chi connectivity index (χ1v) is 7.01. The summed E-state index contributed by atoms with van der Waals surface area (Å²) in [6.45, 7) is 12.3. The van der Waals surface area contributed by atoms with E-state index in [1.807, 2.05) is 23.7 Å². The Labute approximate surface area is 132 Å². The van der Waals surface area contributed by atoms with E-state index in [1.165, 1.54) is 0 Å². The van der Waals surface area contributed by atoms with Crippen LogP contribution in [0, 0.1) is 13.8 Å². The number of aromatic nitrogens is 2. The van der Waals surface area contributed by atoms with E-state index in [9.17, 15) is 0 Å². The van der Waals surface area contributed by atoms with Gasteiger partial charge in [-0.1, -0.05) is 6.07 Å². The first kappa shape index (κ1) is 16.3. The number of hydrogen-bond acceptors (Lipinski definition) is 3. The topological polar surface area (TPSA) is 35.8 Å². The lowest BCUT2D eigenvalue weighted by Gasteiger charge is -2.32. The fourth-order valence-corrected chi connectivity index (χ4v) is 2.53. The molecule has 4 nitrogen and oxygen atoms in total. The molecule has 1 fully saturated rings. The minimum atomic E-state index is -0.328. The molecule has 0 N–H and O–H groups in total. The van der Waals surface area contributed by atoms with Crippen molar-refractivity contribution in [1.82, 2.24) is 9.38 Å². The third-order valence-corrected chi connectivity index (χ3v) is 4.40. The van der Waals surface area contributed by atoms with Gasteiger partial charge in [-0.3, -0.25) is 0 Å². The molecule has 0 unspecified atom stereocenters. The van der Waals surface area contributed by atoms with Crippen molar-refractivity contribution in [3.63, 3.8) is 0 Å². The predicted molar refractivity (Wildman–Crippen MR) is 87.6 cm³/mol. The summed E-state index contributed by atoms with van der Waals surface area (Å²) >= 11 is 0. The lowest BCUT2D eigenvalue weighted by molar-refractivity contribution is 0.00578. The molecule has 3 rings (SSSR count). The second kappa shape index (κ2) is 5.01. The summed E-state index contributed by atoms with van der Waals surface area (Å²) in [5, 5.41) is 0. The summed E-state index contributed by atoms with van der Waals surface area (Å²) in [5.41, 5.74) is 3.54. The molecular weight excluding hydrogens is 286 g/mol. The fraction of sp³-hybridized carbons (Fsp3) is 0.533. The maximum atomic E-state index is 6.10. The van der Waals surface area contributed by atoms with Crippen LogP contribution in [-0.2, 0) is 9.31 Å². The third-order valence-electron chi connectivity index (χ3n) is 4.40. The number of fused-ring (bicyclic) bond motifs is 1. The van der Waals surface area contributed by atoms with Gasteiger partial charge in [0, 0.05) is 12.4 Å². The lowest BCUT2D eigenvalue weighted by atomic mass is 9.80. The Morgan fingerprint density at radius 1 is 1.05 bits per heavy atom. The second-order valence-corrected chi connectivity index (χ2v) is 6.66.